The number of nitrogens with one attached hydrogen (secondary N) is 1. The largest absolute Gasteiger partial charge is 0.416 e. The van der Waals surface area contributed by atoms with Gasteiger partial charge in [0.05, 0.1) is 5.56 Å². The number of hydrogen-bond donors (Lipinski definition) is 1. The average molecular weight is 281 g/mol. The minimum Gasteiger partial charge on any atom is -0.370 e. The van der Waals surface area contributed by atoms with Crippen LogP contribution in [0.15, 0.2) is 36.5 Å². The summed E-state index contributed by atoms with van der Waals surface area (Å²) < 4.78 is 37.9. The Balaban J connectivity index is 2.19. The van der Waals surface area contributed by atoms with E-state index in [0.29, 0.717) is 17.2 Å². The highest BCUT2D eigenvalue weighted by Crippen LogP contribution is 2.29. The number of aromatic nitrogens is 2. The Morgan fingerprint density at radius 2 is 2.00 bits per heavy atom. The van der Waals surface area contributed by atoms with E-state index in [1.165, 1.54) is 6.07 Å². The van der Waals surface area contributed by atoms with Crippen molar-refractivity contribution >= 4 is 5.82 Å². The Morgan fingerprint density at radius 3 is 2.70 bits per heavy atom. The van der Waals surface area contributed by atoms with E-state index in [1.807, 2.05) is 6.92 Å². The summed E-state index contributed by atoms with van der Waals surface area (Å²) in [5, 5.41) is 3.04. The van der Waals surface area contributed by atoms with Crippen LogP contribution in [-0.2, 0) is 12.6 Å². The SMILES string of the molecule is CCNc1ccnc(Cc2cccc(C(F)(F)F)c2)n1. The normalized spacial score (nSPS) is 11.4. The van der Waals surface area contributed by atoms with Gasteiger partial charge >= 0.3 is 6.18 Å². The number of nitrogens with zero attached hydrogens (tertiary/aromatic N) is 2. The van der Waals surface area contributed by atoms with Crippen molar-refractivity contribution < 1.29 is 13.2 Å². The van der Waals surface area contributed by atoms with Gasteiger partial charge in [-0.05, 0) is 24.6 Å². The molecule has 0 aliphatic rings. The van der Waals surface area contributed by atoms with E-state index in [4.69, 9.17) is 0 Å². The summed E-state index contributed by atoms with van der Waals surface area (Å²) in [7, 11) is 0. The summed E-state index contributed by atoms with van der Waals surface area (Å²) in [5.74, 6) is 1.16. The molecule has 1 heterocycles. The zero-order valence-electron chi connectivity index (χ0n) is 10.9. The van der Waals surface area contributed by atoms with Crippen molar-refractivity contribution in [3.63, 3.8) is 0 Å². The Kier molecular flexibility index (Phi) is 4.22. The second-order valence-electron chi connectivity index (χ2n) is 4.26. The summed E-state index contributed by atoms with van der Waals surface area (Å²) >= 11 is 0. The van der Waals surface area contributed by atoms with E-state index >= 15 is 0 Å². The standard InChI is InChI=1S/C14H14F3N3/c1-2-18-12-6-7-19-13(20-12)9-10-4-3-5-11(8-10)14(15,16)17/h3-8H,2,9H2,1H3,(H,18,19,20). The predicted octanol–water partition coefficient (Wildman–Crippen LogP) is 3.52. The molecule has 0 fully saturated rings. The minimum absolute atomic E-state index is 0.267. The Bertz CT molecular complexity index is 582. The molecule has 6 heteroatoms. The summed E-state index contributed by atoms with van der Waals surface area (Å²) in [6.07, 6.45) is -2.47. The van der Waals surface area contributed by atoms with Crippen LogP contribution in [-0.4, -0.2) is 16.5 Å². The molecule has 0 aliphatic heterocycles. The molecule has 0 saturated heterocycles. The third kappa shape index (κ3) is 3.69. The lowest BCUT2D eigenvalue weighted by Gasteiger charge is -2.09. The first kappa shape index (κ1) is 14.3. The Hall–Kier alpha value is -2.11. The highest BCUT2D eigenvalue weighted by Gasteiger charge is 2.30. The van der Waals surface area contributed by atoms with Crippen molar-refractivity contribution in [2.45, 2.75) is 19.5 Å². The Morgan fingerprint density at radius 1 is 1.20 bits per heavy atom. The van der Waals surface area contributed by atoms with Gasteiger partial charge in [-0.25, -0.2) is 9.97 Å². The van der Waals surface area contributed by atoms with E-state index in [0.717, 1.165) is 18.7 Å². The molecule has 2 rings (SSSR count). The first-order valence-electron chi connectivity index (χ1n) is 6.21. The molecule has 0 aliphatic carbocycles. The van der Waals surface area contributed by atoms with Gasteiger partial charge in [0.15, 0.2) is 0 Å². The minimum atomic E-state index is -4.33. The van der Waals surface area contributed by atoms with Gasteiger partial charge < -0.3 is 5.32 Å². The van der Waals surface area contributed by atoms with Crippen LogP contribution in [0.5, 0.6) is 0 Å². The summed E-state index contributed by atoms with van der Waals surface area (Å²) in [6.45, 7) is 2.66. The second-order valence-corrected chi connectivity index (χ2v) is 4.26. The smallest absolute Gasteiger partial charge is 0.370 e. The highest BCUT2D eigenvalue weighted by atomic mass is 19.4. The molecule has 0 unspecified atom stereocenters. The van der Waals surface area contributed by atoms with Gasteiger partial charge in [0.25, 0.3) is 0 Å². The number of halogens is 3. The van der Waals surface area contributed by atoms with Crippen LogP contribution in [0.4, 0.5) is 19.0 Å². The molecule has 2 aromatic rings. The molecule has 0 radical (unpaired) electrons. The van der Waals surface area contributed by atoms with Crippen LogP contribution in [0.25, 0.3) is 0 Å². The molecule has 0 saturated carbocycles. The fourth-order valence-corrected chi connectivity index (χ4v) is 1.80. The van der Waals surface area contributed by atoms with Crippen LogP contribution in [0.3, 0.4) is 0 Å². The molecule has 0 spiro atoms. The van der Waals surface area contributed by atoms with Gasteiger partial charge in [0, 0.05) is 19.2 Å². The number of alkyl halides is 3. The zero-order valence-corrected chi connectivity index (χ0v) is 10.9. The van der Waals surface area contributed by atoms with Crippen molar-refractivity contribution in [2.75, 3.05) is 11.9 Å². The fraction of sp³-hybridized carbons (Fsp3) is 0.286. The maximum Gasteiger partial charge on any atom is 0.416 e. The maximum absolute atomic E-state index is 12.6. The highest BCUT2D eigenvalue weighted by molar-refractivity contribution is 5.34. The lowest BCUT2D eigenvalue weighted by molar-refractivity contribution is -0.137. The van der Waals surface area contributed by atoms with Gasteiger partial charge in [-0.1, -0.05) is 18.2 Å². The van der Waals surface area contributed by atoms with Gasteiger partial charge in [-0.15, -0.1) is 0 Å². The Labute approximate surface area is 114 Å². The molecule has 0 atom stereocenters. The van der Waals surface area contributed by atoms with Crippen LogP contribution in [0, 0.1) is 0 Å². The lowest BCUT2D eigenvalue weighted by atomic mass is 10.1. The molecule has 3 nitrogen and oxygen atoms in total. The van der Waals surface area contributed by atoms with Gasteiger partial charge in [0.2, 0.25) is 0 Å². The van der Waals surface area contributed by atoms with E-state index in [9.17, 15) is 13.2 Å². The van der Waals surface area contributed by atoms with E-state index in [-0.39, 0.29) is 6.42 Å². The molecule has 1 aromatic carbocycles. The molecular weight excluding hydrogens is 267 g/mol. The summed E-state index contributed by atoms with van der Waals surface area (Å²) in [6, 6.07) is 6.94. The molecule has 1 N–H and O–H groups in total. The molecule has 20 heavy (non-hydrogen) atoms. The van der Waals surface area contributed by atoms with Crippen LogP contribution in [0.1, 0.15) is 23.9 Å². The number of rotatable bonds is 4. The molecular formula is C14H14F3N3. The molecule has 0 amide bonds. The topological polar surface area (TPSA) is 37.8 Å². The van der Waals surface area contributed by atoms with E-state index in [1.54, 1.807) is 18.3 Å². The average Bonchev–Trinajstić information content (AvgIpc) is 2.39. The zero-order chi connectivity index (χ0) is 14.6. The van der Waals surface area contributed by atoms with Crippen LogP contribution >= 0.6 is 0 Å². The quantitative estimate of drug-likeness (QED) is 0.931. The molecule has 0 bridgehead atoms. The summed E-state index contributed by atoms with van der Waals surface area (Å²) in [4.78, 5) is 8.32. The van der Waals surface area contributed by atoms with Crippen molar-refractivity contribution in [3.8, 4) is 0 Å². The van der Waals surface area contributed by atoms with Crippen molar-refractivity contribution in [1.82, 2.24) is 9.97 Å². The first-order valence-corrected chi connectivity index (χ1v) is 6.21. The second kappa shape index (κ2) is 5.90. The van der Waals surface area contributed by atoms with Crippen LogP contribution < -0.4 is 5.32 Å². The van der Waals surface area contributed by atoms with E-state index in [2.05, 4.69) is 15.3 Å². The maximum atomic E-state index is 12.6. The van der Waals surface area contributed by atoms with Gasteiger partial charge in [-0.3, -0.25) is 0 Å². The third-order valence-corrected chi connectivity index (χ3v) is 2.68. The predicted molar refractivity (Wildman–Crippen MR) is 70.4 cm³/mol. The molecule has 106 valence electrons. The lowest BCUT2D eigenvalue weighted by Crippen LogP contribution is -2.06. The van der Waals surface area contributed by atoms with E-state index < -0.39 is 11.7 Å². The third-order valence-electron chi connectivity index (χ3n) is 2.68. The van der Waals surface area contributed by atoms with Gasteiger partial charge in [-0.2, -0.15) is 13.2 Å². The number of benzene rings is 1. The van der Waals surface area contributed by atoms with Gasteiger partial charge in [0.1, 0.15) is 11.6 Å². The van der Waals surface area contributed by atoms with Crippen molar-refractivity contribution in [3.05, 3.63) is 53.5 Å². The fourth-order valence-electron chi connectivity index (χ4n) is 1.80. The number of hydrogen-bond acceptors (Lipinski definition) is 3. The molecule has 1 aromatic heterocycles. The monoisotopic (exact) mass is 281 g/mol. The van der Waals surface area contributed by atoms with Crippen molar-refractivity contribution in [1.29, 1.82) is 0 Å². The first-order chi connectivity index (χ1) is 9.49. The van der Waals surface area contributed by atoms with Crippen molar-refractivity contribution in [2.24, 2.45) is 0 Å². The number of anilines is 1. The summed E-state index contributed by atoms with van der Waals surface area (Å²) in [5.41, 5.74) is -0.119. The van der Waals surface area contributed by atoms with Crippen LogP contribution in [0.2, 0.25) is 0 Å².